The van der Waals surface area contributed by atoms with Crippen molar-refractivity contribution in [1.29, 1.82) is 0 Å². The number of phenols is 1. The first kappa shape index (κ1) is 17.7. The fraction of sp³-hybridized carbons (Fsp3) is 0.200. The number of carbonyl (C=O) groups is 1. The van der Waals surface area contributed by atoms with Gasteiger partial charge in [-0.05, 0) is 36.8 Å². The Morgan fingerprint density at radius 1 is 1.32 bits per heavy atom. The van der Waals surface area contributed by atoms with Crippen molar-refractivity contribution >= 4 is 5.91 Å². The lowest BCUT2D eigenvalue weighted by Gasteiger charge is -2.28. The maximum absolute atomic E-state index is 12.9. The summed E-state index contributed by atoms with van der Waals surface area (Å²) in [6.07, 6.45) is 3.65. The number of aromatic hydroxyl groups is 1. The molecule has 28 heavy (non-hydrogen) atoms. The molecule has 142 valence electrons. The van der Waals surface area contributed by atoms with Gasteiger partial charge >= 0.3 is 0 Å². The molecule has 0 spiro atoms. The third kappa shape index (κ3) is 3.20. The van der Waals surface area contributed by atoms with Crippen molar-refractivity contribution in [3.8, 4) is 22.9 Å². The first-order valence-corrected chi connectivity index (χ1v) is 8.75. The molecule has 0 radical (unpaired) electrons. The molecule has 3 heterocycles. The summed E-state index contributed by atoms with van der Waals surface area (Å²) in [6, 6.07) is 8.07. The number of phenolic OH excluding ortho intramolecular Hbond substituents is 1. The lowest BCUT2D eigenvalue weighted by atomic mass is 10.0. The molecule has 4 rings (SSSR count). The molecular formula is C20H18N4O4. The second-order valence-corrected chi connectivity index (χ2v) is 6.44. The van der Waals surface area contributed by atoms with Gasteiger partial charge in [0.2, 0.25) is 0 Å². The highest BCUT2D eigenvalue weighted by Gasteiger charge is 2.27. The number of hydrogen-bond acceptors (Lipinski definition) is 6. The largest absolute Gasteiger partial charge is 0.507 e. The van der Waals surface area contributed by atoms with Crippen molar-refractivity contribution in [2.45, 2.75) is 13.0 Å². The van der Waals surface area contributed by atoms with Crippen molar-refractivity contribution < 1.29 is 14.6 Å². The second-order valence-electron chi connectivity index (χ2n) is 6.44. The Labute approximate surface area is 160 Å². The van der Waals surface area contributed by atoms with E-state index >= 15 is 0 Å². The van der Waals surface area contributed by atoms with Crippen molar-refractivity contribution in [3.63, 3.8) is 0 Å². The highest BCUT2D eigenvalue weighted by molar-refractivity contribution is 5.97. The zero-order chi connectivity index (χ0) is 19.7. The zero-order valence-corrected chi connectivity index (χ0v) is 15.2. The maximum atomic E-state index is 12.9. The van der Waals surface area contributed by atoms with E-state index in [1.807, 2.05) is 0 Å². The summed E-state index contributed by atoms with van der Waals surface area (Å²) < 4.78 is 5.14. The monoisotopic (exact) mass is 378 g/mol. The van der Waals surface area contributed by atoms with Crippen LogP contribution in [0.4, 0.5) is 0 Å². The Kier molecular flexibility index (Phi) is 4.52. The quantitative estimate of drug-likeness (QED) is 0.719. The molecule has 2 N–H and O–H groups in total. The number of nitrogens with one attached hydrogen (secondary N) is 1. The number of aromatic nitrogens is 3. The van der Waals surface area contributed by atoms with Crippen LogP contribution in [-0.2, 0) is 13.0 Å². The van der Waals surface area contributed by atoms with Crippen LogP contribution < -0.4 is 10.3 Å². The van der Waals surface area contributed by atoms with E-state index < -0.39 is 0 Å². The van der Waals surface area contributed by atoms with Crippen molar-refractivity contribution in [1.82, 2.24) is 19.9 Å². The summed E-state index contributed by atoms with van der Waals surface area (Å²) in [5, 5.41) is 10.1. The minimum Gasteiger partial charge on any atom is -0.507 e. The van der Waals surface area contributed by atoms with E-state index in [2.05, 4.69) is 15.0 Å². The van der Waals surface area contributed by atoms with Gasteiger partial charge in [0, 0.05) is 30.1 Å². The average Bonchev–Trinajstić information content (AvgIpc) is 2.74. The number of aromatic amines is 1. The van der Waals surface area contributed by atoms with Crippen LogP contribution in [0.1, 0.15) is 21.6 Å². The van der Waals surface area contributed by atoms with E-state index in [4.69, 9.17) is 4.74 Å². The molecule has 1 amide bonds. The van der Waals surface area contributed by atoms with Gasteiger partial charge in [-0.15, -0.1) is 0 Å². The van der Waals surface area contributed by atoms with Crippen molar-refractivity contribution in [2.24, 2.45) is 0 Å². The van der Waals surface area contributed by atoms with Gasteiger partial charge in [0.1, 0.15) is 17.3 Å². The highest BCUT2D eigenvalue weighted by atomic mass is 16.5. The number of hydrogen-bond donors (Lipinski definition) is 2. The summed E-state index contributed by atoms with van der Waals surface area (Å²) in [5.74, 6) is 0.431. The van der Waals surface area contributed by atoms with Gasteiger partial charge in [-0.25, -0.2) is 4.98 Å². The molecule has 0 bridgehead atoms. The van der Waals surface area contributed by atoms with Crippen LogP contribution in [0.3, 0.4) is 0 Å². The molecule has 8 heteroatoms. The predicted molar refractivity (Wildman–Crippen MR) is 101 cm³/mol. The standard InChI is InChI=1S/C20H18N4O4/c1-28-13-4-5-17(25)15(9-13)20(27)24-8-6-14-16(11-24)22-18(23-19(14)26)12-3-2-7-21-10-12/h2-5,7,9-10,25H,6,8,11H2,1H3,(H,22,23,26). The minimum atomic E-state index is -0.341. The molecule has 2 aromatic heterocycles. The number of methoxy groups -OCH3 is 1. The van der Waals surface area contributed by atoms with E-state index in [1.54, 1.807) is 35.5 Å². The van der Waals surface area contributed by atoms with Crippen molar-refractivity contribution in [3.05, 3.63) is 69.9 Å². The summed E-state index contributed by atoms with van der Waals surface area (Å²) >= 11 is 0. The Bertz CT molecular complexity index is 1100. The van der Waals surface area contributed by atoms with E-state index in [9.17, 15) is 14.7 Å². The van der Waals surface area contributed by atoms with E-state index in [-0.39, 0.29) is 29.3 Å². The number of carbonyl (C=O) groups excluding carboxylic acids is 1. The number of H-pyrrole nitrogens is 1. The number of benzene rings is 1. The lowest BCUT2D eigenvalue weighted by Crippen LogP contribution is -2.39. The molecule has 1 aliphatic rings. The Hall–Kier alpha value is -3.68. The Morgan fingerprint density at radius 3 is 2.93 bits per heavy atom. The maximum Gasteiger partial charge on any atom is 0.258 e. The molecule has 0 atom stereocenters. The van der Waals surface area contributed by atoms with Crippen molar-refractivity contribution in [2.75, 3.05) is 13.7 Å². The highest BCUT2D eigenvalue weighted by Crippen LogP contribution is 2.26. The van der Waals surface area contributed by atoms with Gasteiger partial charge in [0.25, 0.3) is 11.5 Å². The third-order valence-electron chi connectivity index (χ3n) is 4.73. The second kappa shape index (κ2) is 7.15. The first-order chi connectivity index (χ1) is 13.6. The number of pyridine rings is 1. The van der Waals surface area contributed by atoms with E-state index in [1.165, 1.54) is 19.2 Å². The molecular weight excluding hydrogens is 360 g/mol. The van der Waals surface area contributed by atoms with Gasteiger partial charge in [0.15, 0.2) is 0 Å². The average molecular weight is 378 g/mol. The van der Waals surface area contributed by atoms with Gasteiger partial charge in [-0.3, -0.25) is 14.6 Å². The zero-order valence-electron chi connectivity index (χ0n) is 15.2. The summed E-state index contributed by atoms with van der Waals surface area (Å²) in [4.78, 5) is 38.3. The normalized spacial score (nSPS) is 13.1. The lowest BCUT2D eigenvalue weighted by molar-refractivity contribution is 0.0728. The molecule has 0 fully saturated rings. The molecule has 0 saturated heterocycles. The molecule has 1 aromatic carbocycles. The van der Waals surface area contributed by atoms with Crippen LogP contribution in [0, 0.1) is 0 Å². The molecule has 1 aliphatic heterocycles. The SMILES string of the molecule is COc1ccc(O)c(C(=O)N2CCc3c(nc(-c4cccnc4)[nH]c3=O)C2)c1. The molecule has 0 unspecified atom stereocenters. The molecule has 3 aromatic rings. The predicted octanol–water partition coefficient (Wildman–Crippen LogP) is 1.74. The number of rotatable bonds is 3. The summed E-state index contributed by atoms with van der Waals surface area (Å²) in [5.41, 5.74) is 1.76. The van der Waals surface area contributed by atoms with Gasteiger partial charge < -0.3 is 19.7 Å². The van der Waals surface area contributed by atoms with E-state index in [0.29, 0.717) is 41.4 Å². The molecule has 8 nitrogen and oxygen atoms in total. The smallest absolute Gasteiger partial charge is 0.258 e. The van der Waals surface area contributed by atoms with Gasteiger partial charge in [0.05, 0.1) is 24.9 Å². The molecule has 0 aliphatic carbocycles. The Morgan fingerprint density at radius 2 is 2.18 bits per heavy atom. The minimum absolute atomic E-state index is 0.119. The fourth-order valence-electron chi connectivity index (χ4n) is 3.24. The van der Waals surface area contributed by atoms with Gasteiger partial charge in [-0.2, -0.15) is 0 Å². The topological polar surface area (TPSA) is 108 Å². The number of fused-ring (bicyclic) bond motifs is 1. The number of amides is 1. The van der Waals surface area contributed by atoms with Crippen LogP contribution in [0.5, 0.6) is 11.5 Å². The van der Waals surface area contributed by atoms with E-state index in [0.717, 1.165) is 0 Å². The third-order valence-corrected chi connectivity index (χ3v) is 4.73. The van der Waals surface area contributed by atoms with Crippen LogP contribution in [0.2, 0.25) is 0 Å². The van der Waals surface area contributed by atoms with Crippen LogP contribution >= 0.6 is 0 Å². The summed E-state index contributed by atoms with van der Waals surface area (Å²) in [7, 11) is 1.49. The number of nitrogens with zero attached hydrogens (tertiary/aromatic N) is 3. The Balaban J connectivity index is 1.67. The van der Waals surface area contributed by atoms with Crippen LogP contribution in [-0.4, -0.2) is 44.5 Å². The van der Waals surface area contributed by atoms with Crippen LogP contribution in [0.25, 0.3) is 11.4 Å². The first-order valence-electron chi connectivity index (χ1n) is 8.75. The molecule has 0 saturated carbocycles. The summed E-state index contributed by atoms with van der Waals surface area (Å²) in [6.45, 7) is 0.543. The van der Waals surface area contributed by atoms with Gasteiger partial charge in [-0.1, -0.05) is 0 Å². The fourth-order valence-corrected chi connectivity index (χ4v) is 3.24. The number of ether oxygens (including phenoxy) is 1. The van der Waals surface area contributed by atoms with Crippen LogP contribution in [0.15, 0.2) is 47.5 Å².